The van der Waals surface area contributed by atoms with E-state index in [2.05, 4.69) is 66.6 Å². The van der Waals surface area contributed by atoms with Crippen molar-refractivity contribution in [1.82, 2.24) is 20.4 Å². The first-order valence-electron chi connectivity index (χ1n) is 10.6. The molecule has 1 heterocycles. The number of benzene rings is 1. The first-order valence-corrected chi connectivity index (χ1v) is 10.6. The molecule has 0 unspecified atom stereocenters. The van der Waals surface area contributed by atoms with Crippen LogP contribution in [-0.4, -0.2) is 35.9 Å². The Hall–Kier alpha value is -1.77. The van der Waals surface area contributed by atoms with E-state index < -0.39 is 0 Å². The quantitative estimate of drug-likeness (QED) is 0.208. The van der Waals surface area contributed by atoms with Gasteiger partial charge in [0.05, 0.1) is 12.3 Å². The molecule has 168 valence electrons. The van der Waals surface area contributed by atoms with E-state index in [9.17, 15) is 0 Å². The number of aromatic nitrogens is 2. The minimum Gasteiger partial charge on any atom is -0.493 e. The largest absolute Gasteiger partial charge is 0.493 e. The molecule has 30 heavy (non-hydrogen) atoms. The van der Waals surface area contributed by atoms with E-state index in [0.29, 0.717) is 6.54 Å². The van der Waals surface area contributed by atoms with Crippen LogP contribution >= 0.6 is 24.0 Å². The van der Waals surface area contributed by atoms with Crippen LogP contribution in [0.5, 0.6) is 5.75 Å². The molecular weight excluding hydrogens is 489 g/mol. The van der Waals surface area contributed by atoms with Crippen LogP contribution in [0.25, 0.3) is 0 Å². The van der Waals surface area contributed by atoms with E-state index in [1.165, 1.54) is 29.7 Å². The van der Waals surface area contributed by atoms with Crippen molar-refractivity contribution in [2.24, 2.45) is 12.0 Å². The summed E-state index contributed by atoms with van der Waals surface area (Å²) in [5, 5.41) is 11.3. The molecule has 1 aromatic carbocycles. The molecule has 2 rings (SSSR count). The fourth-order valence-electron chi connectivity index (χ4n) is 3.36. The molecule has 1 aromatic heterocycles. The van der Waals surface area contributed by atoms with Gasteiger partial charge in [-0.15, -0.1) is 24.0 Å². The number of aryl methyl sites for hydroxylation is 3. The lowest BCUT2D eigenvalue weighted by Crippen LogP contribution is -2.38. The number of hydrogen-bond donors (Lipinski definition) is 2. The van der Waals surface area contributed by atoms with Gasteiger partial charge in [-0.1, -0.05) is 31.9 Å². The monoisotopic (exact) mass is 527 g/mol. The zero-order valence-corrected chi connectivity index (χ0v) is 21.7. The minimum absolute atomic E-state index is 0. The van der Waals surface area contributed by atoms with E-state index in [1.807, 2.05) is 11.7 Å². The molecule has 0 aliphatic heterocycles. The average molecular weight is 527 g/mol. The lowest BCUT2D eigenvalue weighted by atomic mass is 10.1. The first-order chi connectivity index (χ1) is 14.0. The van der Waals surface area contributed by atoms with Gasteiger partial charge in [0.25, 0.3) is 0 Å². The van der Waals surface area contributed by atoms with Crippen molar-refractivity contribution >= 4 is 29.9 Å². The summed E-state index contributed by atoms with van der Waals surface area (Å²) >= 11 is 0. The number of unbranched alkanes of at least 4 members (excludes halogenated alkanes) is 2. The Morgan fingerprint density at radius 2 is 1.93 bits per heavy atom. The van der Waals surface area contributed by atoms with Gasteiger partial charge < -0.3 is 15.4 Å². The van der Waals surface area contributed by atoms with Crippen molar-refractivity contribution in [2.45, 2.75) is 59.9 Å². The van der Waals surface area contributed by atoms with Gasteiger partial charge in [0.2, 0.25) is 0 Å². The predicted molar refractivity (Wildman–Crippen MR) is 136 cm³/mol. The molecule has 0 spiro atoms. The molecule has 0 aliphatic rings. The van der Waals surface area contributed by atoms with Crippen molar-refractivity contribution in [1.29, 1.82) is 0 Å². The second kappa shape index (κ2) is 13.5. The first kappa shape index (κ1) is 26.3. The summed E-state index contributed by atoms with van der Waals surface area (Å²) in [6.07, 6.45) is 4.41. The number of nitrogens with zero attached hydrogens (tertiary/aromatic N) is 3. The highest BCUT2D eigenvalue weighted by atomic mass is 127. The third-order valence-corrected chi connectivity index (χ3v) is 5.22. The summed E-state index contributed by atoms with van der Waals surface area (Å²) in [5.74, 6) is 1.76. The normalized spacial score (nSPS) is 11.2. The van der Waals surface area contributed by atoms with Gasteiger partial charge in [-0.2, -0.15) is 5.10 Å². The molecule has 0 saturated heterocycles. The van der Waals surface area contributed by atoms with Crippen LogP contribution < -0.4 is 15.4 Å². The van der Waals surface area contributed by atoms with Crippen LogP contribution in [0, 0.1) is 20.8 Å². The van der Waals surface area contributed by atoms with Crippen LogP contribution in [0.3, 0.4) is 0 Å². The average Bonchev–Trinajstić information content (AvgIpc) is 2.94. The van der Waals surface area contributed by atoms with E-state index in [1.54, 1.807) is 7.05 Å². The minimum atomic E-state index is 0. The highest BCUT2D eigenvalue weighted by molar-refractivity contribution is 14.0. The Balaban J connectivity index is 0.00000450. The Morgan fingerprint density at radius 3 is 2.57 bits per heavy atom. The van der Waals surface area contributed by atoms with Gasteiger partial charge >= 0.3 is 0 Å². The Morgan fingerprint density at radius 1 is 1.17 bits per heavy atom. The van der Waals surface area contributed by atoms with Gasteiger partial charge in [-0.05, 0) is 50.8 Å². The summed E-state index contributed by atoms with van der Waals surface area (Å²) in [4.78, 5) is 4.35. The van der Waals surface area contributed by atoms with Crippen molar-refractivity contribution in [2.75, 3.05) is 20.2 Å². The summed E-state index contributed by atoms with van der Waals surface area (Å²) in [6, 6.07) is 6.38. The highest BCUT2D eigenvalue weighted by Crippen LogP contribution is 2.21. The number of halogens is 1. The highest BCUT2D eigenvalue weighted by Gasteiger charge is 2.10. The maximum atomic E-state index is 6.04. The van der Waals surface area contributed by atoms with Gasteiger partial charge in [0, 0.05) is 38.4 Å². The summed E-state index contributed by atoms with van der Waals surface area (Å²) in [6.45, 7) is 10.7. The van der Waals surface area contributed by atoms with E-state index in [-0.39, 0.29) is 24.0 Å². The molecule has 0 radical (unpaired) electrons. The molecule has 7 heteroatoms. The van der Waals surface area contributed by atoms with Crippen molar-refractivity contribution < 1.29 is 4.74 Å². The standard InChI is InChI=1S/C23H37N5O.HI/c1-7-8-9-14-29-22-15-17(2)10-11-20(22)16-26-23(24-5)25-13-12-21-18(3)27-28(6)19(21)4;/h10-11,15H,7-9,12-14,16H2,1-6H3,(H2,24,25,26);1H. The molecule has 0 saturated carbocycles. The van der Waals surface area contributed by atoms with Crippen molar-refractivity contribution in [3.63, 3.8) is 0 Å². The van der Waals surface area contributed by atoms with Crippen LogP contribution in [0.4, 0.5) is 0 Å². The fourth-order valence-corrected chi connectivity index (χ4v) is 3.36. The molecule has 2 N–H and O–H groups in total. The maximum Gasteiger partial charge on any atom is 0.191 e. The SMILES string of the molecule is CCCCCOc1cc(C)ccc1CNC(=NC)NCCc1c(C)nn(C)c1C.I. The topological polar surface area (TPSA) is 63.5 Å². The number of ether oxygens (including phenoxy) is 1. The van der Waals surface area contributed by atoms with Crippen LogP contribution in [-0.2, 0) is 20.0 Å². The Bertz CT molecular complexity index is 816. The molecule has 0 amide bonds. The van der Waals surface area contributed by atoms with Crippen molar-refractivity contribution in [3.05, 3.63) is 46.3 Å². The zero-order valence-electron chi connectivity index (χ0n) is 19.3. The van der Waals surface area contributed by atoms with Crippen LogP contribution in [0.1, 0.15) is 54.3 Å². The second-order valence-corrected chi connectivity index (χ2v) is 7.54. The Kier molecular flexibility index (Phi) is 11.8. The van der Waals surface area contributed by atoms with E-state index in [4.69, 9.17) is 4.74 Å². The van der Waals surface area contributed by atoms with Gasteiger partial charge in [0.15, 0.2) is 5.96 Å². The number of rotatable bonds is 10. The Labute approximate surface area is 198 Å². The van der Waals surface area contributed by atoms with Crippen LogP contribution in [0.2, 0.25) is 0 Å². The summed E-state index contributed by atoms with van der Waals surface area (Å²) in [7, 11) is 3.79. The molecule has 0 atom stereocenters. The van der Waals surface area contributed by atoms with Gasteiger partial charge in [0.1, 0.15) is 5.75 Å². The van der Waals surface area contributed by atoms with Crippen LogP contribution in [0.15, 0.2) is 23.2 Å². The molecule has 2 aromatic rings. The molecule has 0 fully saturated rings. The number of guanidine groups is 1. The zero-order chi connectivity index (χ0) is 21.2. The van der Waals surface area contributed by atoms with Gasteiger partial charge in [-0.3, -0.25) is 9.67 Å². The van der Waals surface area contributed by atoms with Gasteiger partial charge in [-0.25, -0.2) is 0 Å². The third-order valence-electron chi connectivity index (χ3n) is 5.22. The van der Waals surface area contributed by atoms with E-state index in [0.717, 1.165) is 49.0 Å². The number of aliphatic imine (C=N–C) groups is 1. The maximum absolute atomic E-state index is 6.04. The second-order valence-electron chi connectivity index (χ2n) is 7.54. The molecular formula is C23H38IN5O. The lowest BCUT2D eigenvalue weighted by molar-refractivity contribution is 0.303. The summed E-state index contributed by atoms with van der Waals surface area (Å²) in [5.41, 5.74) is 5.98. The molecule has 0 aliphatic carbocycles. The number of nitrogens with one attached hydrogen (secondary N) is 2. The number of hydrogen-bond acceptors (Lipinski definition) is 3. The van der Waals surface area contributed by atoms with E-state index >= 15 is 0 Å². The smallest absolute Gasteiger partial charge is 0.191 e. The fraction of sp³-hybridized carbons (Fsp3) is 0.565. The molecule has 0 bridgehead atoms. The van der Waals surface area contributed by atoms with Crippen molar-refractivity contribution in [3.8, 4) is 5.75 Å². The summed E-state index contributed by atoms with van der Waals surface area (Å²) < 4.78 is 7.99. The third kappa shape index (κ3) is 7.81. The predicted octanol–water partition coefficient (Wildman–Crippen LogP) is 4.44. The molecule has 6 nitrogen and oxygen atoms in total. The lowest BCUT2D eigenvalue weighted by Gasteiger charge is -2.15.